The summed E-state index contributed by atoms with van der Waals surface area (Å²) in [6.45, 7) is 12.0. The summed E-state index contributed by atoms with van der Waals surface area (Å²) in [7, 11) is 0. The van der Waals surface area contributed by atoms with Crippen molar-refractivity contribution in [2.24, 2.45) is 0 Å². The van der Waals surface area contributed by atoms with Crippen LogP contribution in [0.25, 0.3) is 5.65 Å². The summed E-state index contributed by atoms with van der Waals surface area (Å²) >= 11 is 3.36. The van der Waals surface area contributed by atoms with E-state index in [1.807, 2.05) is 11.8 Å². The first-order chi connectivity index (χ1) is 17.9. The van der Waals surface area contributed by atoms with Gasteiger partial charge in [-0.3, -0.25) is 0 Å². The van der Waals surface area contributed by atoms with Gasteiger partial charge in [0.25, 0.3) is 0 Å². The number of benzene rings is 1. The third kappa shape index (κ3) is 7.33. The van der Waals surface area contributed by atoms with Crippen molar-refractivity contribution in [2.75, 3.05) is 24.6 Å². The quantitative estimate of drug-likeness (QED) is 0.322. The first-order valence-corrected chi connectivity index (χ1v) is 13.1. The summed E-state index contributed by atoms with van der Waals surface area (Å²) < 4.78 is 32.7. The Morgan fingerprint density at radius 1 is 1.21 bits per heavy atom. The van der Waals surface area contributed by atoms with Crippen LogP contribution in [0.15, 0.2) is 34.9 Å². The Morgan fingerprint density at radius 2 is 1.95 bits per heavy atom. The number of rotatable bonds is 10. The van der Waals surface area contributed by atoms with Gasteiger partial charge in [0.1, 0.15) is 29.1 Å². The molecule has 0 unspecified atom stereocenters. The highest BCUT2D eigenvalue weighted by Crippen LogP contribution is 2.32. The van der Waals surface area contributed by atoms with Gasteiger partial charge < -0.3 is 24.4 Å². The number of carbonyl (C=O) groups is 2. The van der Waals surface area contributed by atoms with E-state index in [1.54, 1.807) is 52.8 Å². The van der Waals surface area contributed by atoms with E-state index in [9.17, 15) is 14.0 Å². The number of aromatic nitrogens is 3. The predicted octanol–water partition coefficient (Wildman–Crippen LogP) is 5.13. The lowest BCUT2D eigenvalue weighted by molar-refractivity contribution is 0.0499. The molecule has 10 nitrogen and oxygen atoms in total. The van der Waals surface area contributed by atoms with Crippen molar-refractivity contribution >= 4 is 39.5 Å². The van der Waals surface area contributed by atoms with Gasteiger partial charge in [-0.2, -0.15) is 0 Å². The molecule has 0 radical (unpaired) electrons. The summed E-state index contributed by atoms with van der Waals surface area (Å²) in [5.74, 6) is 0.0345. The minimum atomic E-state index is -0.613. The summed E-state index contributed by atoms with van der Waals surface area (Å²) in [5.41, 5.74) is 0.656. The standard InChI is InChI=1S/C26H33BrFN5O5/c1-7-32(22-12-11-21-29-14-19(33(21)31-22)24(34)36-8-2)15-17-20(10-9-18(28)23(17)27)37-16(3)13-30-25(35)38-26(4,5)6/h9-12,14,16H,7-8,13,15H2,1-6H3,(H,30,35)/t16-/m0/s1. The summed E-state index contributed by atoms with van der Waals surface area (Å²) in [6, 6.07) is 6.39. The highest BCUT2D eigenvalue weighted by Gasteiger charge is 2.21. The molecule has 0 fully saturated rings. The first kappa shape index (κ1) is 29.2. The van der Waals surface area contributed by atoms with Crippen molar-refractivity contribution in [3.63, 3.8) is 0 Å². The van der Waals surface area contributed by atoms with Crippen LogP contribution in [0.3, 0.4) is 0 Å². The molecule has 0 aliphatic heterocycles. The number of anilines is 1. The average Bonchev–Trinajstić information content (AvgIpc) is 3.27. The summed E-state index contributed by atoms with van der Waals surface area (Å²) in [5, 5.41) is 7.28. The Hall–Kier alpha value is -3.41. The van der Waals surface area contributed by atoms with Gasteiger partial charge in [-0.1, -0.05) is 0 Å². The number of nitrogens with one attached hydrogen (secondary N) is 1. The van der Waals surface area contributed by atoms with Gasteiger partial charge >= 0.3 is 12.1 Å². The molecule has 206 valence electrons. The smallest absolute Gasteiger partial charge is 0.407 e. The SMILES string of the molecule is CCOC(=O)c1cnc2ccc(N(CC)Cc3c(O[C@@H](C)CNC(=O)OC(C)(C)C)ccc(F)c3Br)nn12. The number of ether oxygens (including phenoxy) is 3. The van der Waals surface area contributed by atoms with Crippen molar-refractivity contribution in [3.05, 3.63) is 52.0 Å². The Labute approximate surface area is 229 Å². The molecule has 1 aromatic carbocycles. The Balaban J connectivity index is 1.83. The Morgan fingerprint density at radius 3 is 2.61 bits per heavy atom. The zero-order chi connectivity index (χ0) is 28.0. The number of hydrogen-bond acceptors (Lipinski definition) is 8. The number of nitrogens with zero attached hydrogens (tertiary/aromatic N) is 4. The maximum absolute atomic E-state index is 14.6. The van der Waals surface area contributed by atoms with Gasteiger partial charge in [0, 0.05) is 18.7 Å². The predicted molar refractivity (Wildman–Crippen MR) is 144 cm³/mol. The molecule has 0 aliphatic rings. The molecule has 0 bridgehead atoms. The number of alkyl carbamates (subject to hydrolysis) is 1. The van der Waals surface area contributed by atoms with Crippen molar-refractivity contribution in [3.8, 4) is 5.75 Å². The molecule has 1 N–H and O–H groups in total. The molecule has 1 atom stereocenters. The van der Waals surface area contributed by atoms with Crippen LogP contribution in [0.5, 0.6) is 5.75 Å². The van der Waals surface area contributed by atoms with Gasteiger partial charge in [0.05, 0.1) is 23.8 Å². The van der Waals surface area contributed by atoms with Crippen LogP contribution in [-0.4, -0.2) is 58.1 Å². The topological polar surface area (TPSA) is 107 Å². The van der Waals surface area contributed by atoms with E-state index in [1.165, 1.54) is 16.8 Å². The van der Waals surface area contributed by atoms with E-state index < -0.39 is 29.6 Å². The number of fused-ring (bicyclic) bond motifs is 1. The molecule has 0 saturated carbocycles. The van der Waals surface area contributed by atoms with Crippen LogP contribution >= 0.6 is 15.9 Å². The van der Waals surface area contributed by atoms with Gasteiger partial charge in [0.15, 0.2) is 11.3 Å². The third-order valence-electron chi connectivity index (χ3n) is 5.30. The third-order valence-corrected chi connectivity index (χ3v) is 6.16. The largest absolute Gasteiger partial charge is 0.488 e. The highest BCUT2D eigenvalue weighted by atomic mass is 79.9. The zero-order valence-electron chi connectivity index (χ0n) is 22.4. The zero-order valence-corrected chi connectivity index (χ0v) is 24.0. The molecule has 38 heavy (non-hydrogen) atoms. The van der Waals surface area contributed by atoms with Gasteiger partial charge in [-0.05, 0) is 81.7 Å². The van der Waals surface area contributed by atoms with Crippen LogP contribution < -0.4 is 15.0 Å². The van der Waals surface area contributed by atoms with Crippen LogP contribution in [0, 0.1) is 5.82 Å². The Bertz CT molecular complexity index is 1290. The van der Waals surface area contributed by atoms with Gasteiger partial charge in [0.2, 0.25) is 0 Å². The molecule has 2 heterocycles. The van der Waals surface area contributed by atoms with Crippen molar-refractivity contribution in [2.45, 2.75) is 59.8 Å². The number of imidazole rings is 1. The average molecular weight is 594 g/mol. The highest BCUT2D eigenvalue weighted by molar-refractivity contribution is 9.10. The lowest BCUT2D eigenvalue weighted by Crippen LogP contribution is -2.37. The van der Waals surface area contributed by atoms with E-state index in [2.05, 4.69) is 31.3 Å². The van der Waals surface area contributed by atoms with Crippen molar-refractivity contribution in [1.82, 2.24) is 19.9 Å². The molecule has 0 aliphatic carbocycles. The number of hydrogen-bond donors (Lipinski definition) is 1. The molecule has 12 heteroatoms. The molecular weight excluding hydrogens is 561 g/mol. The molecule has 2 aromatic heterocycles. The summed E-state index contributed by atoms with van der Waals surface area (Å²) in [4.78, 5) is 30.4. The molecule has 1 amide bonds. The lowest BCUT2D eigenvalue weighted by Gasteiger charge is -2.26. The molecule has 3 rings (SSSR count). The van der Waals surface area contributed by atoms with Crippen LogP contribution in [0.2, 0.25) is 0 Å². The Kier molecular flexibility index (Phi) is 9.53. The van der Waals surface area contributed by atoms with Crippen molar-refractivity contribution in [1.29, 1.82) is 0 Å². The van der Waals surface area contributed by atoms with E-state index in [0.29, 0.717) is 29.3 Å². The summed E-state index contributed by atoms with van der Waals surface area (Å²) in [6.07, 6.45) is 0.442. The minimum absolute atomic E-state index is 0.191. The molecular formula is C26H33BrFN5O5. The van der Waals surface area contributed by atoms with Crippen LogP contribution in [-0.2, 0) is 16.0 Å². The van der Waals surface area contributed by atoms with Gasteiger partial charge in [-0.15, -0.1) is 5.10 Å². The number of amides is 1. The molecule has 0 spiro atoms. The number of esters is 1. The van der Waals surface area contributed by atoms with E-state index in [0.717, 1.165) is 0 Å². The van der Waals surface area contributed by atoms with Crippen LogP contribution in [0.1, 0.15) is 57.6 Å². The fourth-order valence-corrected chi connectivity index (χ4v) is 4.01. The maximum Gasteiger partial charge on any atom is 0.407 e. The molecule has 0 saturated heterocycles. The first-order valence-electron chi connectivity index (χ1n) is 12.3. The van der Waals surface area contributed by atoms with Crippen molar-refractivity contribution < 1.29 is 28.2 Å². The second-order valence-corrected chi connectivity index (χ2v) is 10.3. The second-order valence-electron chi connectivity index (χ2n) is 9.49. The fourth-order valence-electron chi connectivity index (χ4n) is 3.55. The van der Waals surface area contributed by atoms with Gasteiger partial charge in [-0.25, -0.2) is 23.5 Å². The fraction of sp³-hybridized carbons (Fsp3) is 0.462. The molecule has 3 aromatic rings. The lowest BCUT2D eigenvalue weighted by atomic mass is 10.1. The number of halogens is 2. The maximum atomic E-state index is 14.6. The normalized spacial score (nSPS) is 12.2. The second kappa shape index (κ2) is 12.4. The van der Waals surface area contributed by atoms with Crippen LogP contribution in [0.4, 0.5) is 15.0 Å². The van der Waals surface area contributed by atoms with E-state index >= 15 is 0 Å². The minimum Gasteiger partial charge on any atom is -0.488 e. The van der Waals surface area contributed by atoms with E-state index in [-0.39, 0.29) is 29.9 Å². The van der Waals surface area contributed by atoms with E-state index in [4.69, 9.17) is 14.2 Å². The monoisotopic (exact) mass is 593 g/mol. The number of carbonyl (C=O) groups excluding carboxylic acids is 2.